The second kappa shape index (κ2) is 8.16. The number of Topliss-reactive ketones (excluding diaryl/α,β-unsaturated/α-hetero) is 1. The Kier molecular flexibility index (Phi) is 5.73. The van der Waals surface area contributed by atoms with Gasteiger partial charge in [-0.2, -0.15) is 0 Å². The fraction of sp³-hybridized carbons (Fsp3) is 0.640. The van der Waals surface area contributed by atoms with Crippen molar-refractivity contribution in [3.05, 3.63) is 35.4 Å². The highest BCUT2D eigenvalue weighted by Crippen LogP contribution is 2.60. The van der Waals surface area contributed by atoms with Crippen LogP contribution in [0.4, 0.5) is 0 Å². The van der Waals surface area contributed by atoms with E-state index >= 15 is 0 Å². The van der Waals surface area contributed by atoms with Gasteiger partial charge in [-0.25, -0.2) is 4.79 Å². The molecule has 0 saturated heterocycles. The van der Waals surface area contributed by atoms with Crippen molar-refractivity contribution in [2.45, 2.75) is 65.3 Å². The number of benzene rings is 1. The molecular weight excluding hydrogens is 378 g/mol. The summed E-state index contributed by atoms with van der Waals surface area (Å²) >= 11 is 0. The quantitative estimate of drug-likeness (QED) is 0.542. The van der Waals surface area contributed by atoms with E-state index in [9.17, 15) is 14.4 Å². The van der Waals surface area contributed by atoms with Gasteiger partial charge in [-0.05, 0) is 69.1 Å². The Labute approximate surface area is 178 Å². The van der Waals surface area contributed by atoms with E-state index in [0.29, 0.717) is 23.3 Å². The summed E-state index contributed by atoms with van der Waals surface area (Å²) in [6.07, 6.45) is 6.67. The third-order valence-electron chi connectivity index (χ3n) is 7.45. The zero-order valence-electron chi connectivity index (χ0n) is 18.3. The first kappa shape index (κ1) is 21.1. The first-order chi connectivity index (χ1) is 14.3. The molecule has 162 valence electrons. The maximum Gasteiger partial charge on any atom is 0.329 e. The summed E-state index contributed by atoms with van der Waals surface area (Å²) in [7, 11) is 0. The number of ketones is 1. The van der Waals surface area contributed by atoms with Gasteiger partial charge >= 0.3 is 5.97 Å². The lowest BCUT2D eigenvalue weighted by Crippen LogP contribution is -2.57. The number of aryl methyl sites for hydroxylation is 1. The zero-order valence-corrected chi connectivity index (χ0v) is 18.3. The maximum absolute atomic E-state index is 13.3. The van der Waals surface area contributed by atoms with Crippen LogP contribution < -0.4 is 5.32 Å². The van der Waals surface area contributed by atoms with Gasteiger partial charge in [-0.1, -0.05) is 43.7 Å². The summed E-state index contributed by atoms with van der Waals surface area (Å²) in [5.74, 6) is 1.14. The molecule has 5 nitrogen and oxygen atoms in total. The Hall–Kier alpha value is -2.17. The van der Waals surface area contributed by atoms with Gasteiger partial charge in [0, 0.05) is 11.0 Å². The van der Waals surface area contributed by atoms with Gasteiger partial charge in [-0.3, -0.25) is 9.59 Å². The molecule has 0 aromatic heterocycles. The third kappa shape index (κ3) is 4.17. The van der Waals surface area contributed by atoms with Crippen molar-refractivity contribution in [1.29, 1.82) is 0 Å². The van der Waals surface area contributed by atoms with E-state index in [1.165, 1.54) is 19.3 Å². The molecule has 4 aliphatic rings. The van der Waals surface area contributed by atoms with Crippen molar-refractivity contribution in [3.63, 3.8) is 0 Å². The molecule has 1 amide bonds. The van der Waals surface area contributed by atoms with Crippen LogP contribution in [0.15, 0.2) is 24.3 Å². The van der Waals surface area contributed by atoms with Crippen LogP contribution in [0.2, 0.25) is 0 Å². The number of rotatable bonds is 7. The summed E-state index contributed by atoms with van der Waals surface area (Å²) in [6.45, 7) is 5.44. The first-order valence-corrected chi connectivity index (χ1v) is 11.3. The molecule has 1 atom stereocenters. The van der Waals surface area contributed by atoms with Crippen LogP contribution in [0.25, 0.3) is 0 Å². The highest BCUT2D eigenvalue weighted by Gasteiger charge is 2.55. The van der Waals surface area contributed by atoms with Crippen molar-refractivity contribution >= 4 is 17.7 Å². The molecule has 1 aromatic rings. The lowest BCUT2D eigenvalue weighted by atomic mass is 9.49. The molecule has 30 heavy (non-hydrogen) atoms. The van der Waals surface area contributed by atoms with Crippen LogP contribution in [0.5, 0.6) is 0 Å². The summed E-state index contributed by atoms with van der Waals surface area (Å²) in [5.41, 5.74) is 1.28. The molecule has 0 heterocycles. The predicted molar refractivity (Wildman–Crippen MR) is 114 cm³/mol. The molecule has 1 N–H and O–H groups in total. The van der Waals surface area contributed by atoms with Gasteiger partial charge in [0.1, 0.15) is 6.04 Å². The molecule has 4 saturated carbocycles. The van der Waals surface area contributed by atoms with Crippen molar-refractivity contribution in [2.24, 2.45) is 29.1 Å². The molecule has 0 spiro atoms. The maximum atomic E-state index is 13.3. The second-order valence-corrected chi connectivity index (χ2v) is 10.3. The van der Waals surface area contributed by atoms with Crippen LogP contribution in [0.1, 0.15) is 68.3 Å². The second-order valence-electron chi connectivity index (χ2n) is 10.3. The van der Waals surface area contributed by atoms with Crippen LogP contribution in [0.3, 0.4) is 0 Å². The van der Waals surface area contributed by atoms with E-state index < -0.39 is 12.0 Å². The number of hydrogen-bond donors (Lipinski definition) is 1. The van der Waals surface area contributed by atoms with Gasteiger partial charge in [0.05, 0.1) is 0 Å². The molecule has 1 aromatic carbocycles. The minimum Gasteiger partial charge on any atom is -0.456 e. The monoisotopic (exact) mass is 411 g/mol. The number of esters is 1. The smallest absolute Gasteiger partial charge is 0.329 e. The number of ether oxygens (including phenoxy) is 1. The largest absolute Gasteiger partial charge is 0.456 e. The molecule has 5 heteroatoms. The minimum absolute atomic E-state index is 0.0158. The van der Waals surface area contributed by atoms with Crippen molar-refractivity contribution < 1.29 is 19.1 Å². The fourth-order valence-electron chi connectivity index (χ4n) is 6.23. The SMILES string of the molecule is Cc1ccc(C(=O)COC(=O)[C@H](NC(=O)C23CC4CC(CC(C4)C2)C3)C(C)C)cc1. The van der Waals surface area contributed by atoms with Crippen LogP contribution in [-0.2, 0) is 14.3 Å². The molecular formula is C25H33NO4. The van der Waals surface area contributed by atoms with Gasteiger partial charge in [0.25, 0.3) is 0 Å². The standard InChI is InChI=1S/C25H33NO4/c1-15(2)22(23(28)30-14-21(27)20-6-4-16(3)5-7-20)26-24(29)25-11-17-8-18(12-25)10-19(9-17)13-25/h4-7,15,17-19,22H,8-14H2,1-3H3,(H,26,29)/t17?,18?,19?,22-,25?/m1/s1. The van der Waals surface area contributed by atoms with Crippen LogP contribution >= 0.6 is 0 Å². The van der Waals surface area contributed by atoms with Gasteiger partial charge in [0.15, 0.2) is 12.4 Å². The molecule has 4 fully saturated rings. The summed E-state index contributed by atoms with van der Waals surface area (Å²) < 4.78 is 5.33. The minimum atomic E-state index is -0.726. The lowest BCUT2D eigenvalue weighted by Gasteiger charge is -2.55. The number of carbonyl (C=O) groups is 3. The Morgan fingerprint density at radius 1 is 1.00 bits per heavy atom. The Bertz CT molecular complexity index is 791. The molecule has 4 bridgehead atoms. The Morgan fingerprint density at radius 3 is 2.03 bits per heavy atom. The lowest BCUT2D eigenvalue weighted by molar-refractivity contribution is -0.154. The van der Waals surface area contributed by atoms with Gasteiger partial charge in [0.2, 0.25) is 5.91 Å². The van der Waals surface area contributed by atoms with E-state index in [1.54, 1.807) is 12.1 Å². The van der Waals surface area contributed by atoms with Crippen molar-refractivity contribution in [3.8, 4) is 0 Å². The Morgan fingerprint density at radius 2 is 1.53 bits per heavy atom. The van der Waals surface area contributed by atoms with Crippen LogP contribution in [0, 0.1) is 36.0 Å². The number of nitrogens with one attached hydrogen (secondary N) is 1. The summed E-state index contributed by atoms with van der Waals surface area (Å²) in [5, 5.41) is 3.02. The zero-order chi connectivity index (χ0) is 21.5. The summed E-state index contributed by atoms with van der Waals surface area (Å²) in [6, 6.07) is 6.46. The average Bonchev–Trinajstić information content (AvgIpc) is 2.69. The van der Waals surface area contributed by atoms with E-state index in [1.807, 2.05) is 32.9 Å². The molecule has 0 unspecified atom stereocenters. The van der Waals surface area contributed by atoms with Crippen molar-refractivity contribution in [2.75, 3.05) is 6.61 Å². The average molecular weight is 412 g/mol. The molecule has 0 aliphatic heterocycles. The third-order valence-corrected chi connectivity index (χ3v) is 7.45. The van der Waals surface area contributed by atoms with Gasteiger partial charge < -0.3 is 10.1 Å². The topological polar surface area (TPSA) is 72.5 Å². The number of amides is 1. The number of carbonyl (C=O) groups excluding carboxylic acids is 3. The molecule has 4 aliphatic carbocycles. The van der Waals surface area contributed by atoms with E-state index in [0.717, 1.165) is 24.8 Å². The highest BCUT2D eigenvalue weighted by atomic mass is 16.5. The van der Waals surface area contributed by atoms with Gasteiger partial charge in [-0.15, -0.1) is 0 Å². The normalized spacial score (nSPS) is 30.2. The molecule has 5 rings (SSSR count). The van der Waals surface area contributed by atoms with E-state index in [4.69, 9.17) is 4.74 Å². The Balaban J connectivity index is 1.37. The number of hydrogen-bond acceptors (Lipinski definition) is 4. The first-order valence-electron chi connectivity index (χ1n) is 11.3. The van der Waals surface area contributed by atoms with E-state index in [-0.39, 0.29) is 29.6 Å². The predicted octanol–water partition coefficient (Wildman–Crippen LogP) is 4.08. The summed E-state index contributed by atoms with van der Waals surface area (Å²) in [4.78, 5) is 38.4. The van der Waals surface area contributed by atoms with Crippen molar-refractivity contribution in [1.82, 2.24) is 5.32 Å². The highest BCUT2D eigenvalue weighted by molar-refractivity contribution is 5.98. The fourth-order valence-corrected chi connectivity index (χ4v) is 6.23. The van der Waals surface area contributed by atoms with Crippen LogP contribution in [-0.4, -0.2) is 30.3 Å². The molecule has 0 radical (unpaired) electrons. The van der Waals surface area contributed by atoms with E-state index in [2.05, 4.69) is 5.32 Å².